The summed E-state index contributed by atoms with van der Waals surface area (Å²) in [7, 11) is -14.5. The number of hydrogen-bond donors (Lipinski definition) is 19. The molecule has 6 fully saturated rings. The molecule has 1 aromatic carbocycles. The number of benzene rings is 1. The van der Waals surface area contributed by atoms with Gasteiger partial charge in [-0.3, -0.25) is 28.0 Å². The van der Waals surface area contributed by atoms with Gasteiger partial charge in [-0.2, -0.15) is 25.3 Å². The number of rotatable bonds is 25. The normalized spacial score (nSPS) is 40.8. The summed E-state index contributed by atoms with van der Waals surface area (Å²) in [6.07, 6.45) is -65.9. The molecule has 96 heavy (non-hydrogen) atoms. The number of methoxy groups -OCH3 is 1. The highest BCUT2D eigenvalue weighted by Gasteiger charge is 2.61. The number of hydrogen-bond acceptors (Lipinski definition) is 35. The third-order valence-corrected chi connectivity index (χ3v) is 17.7. The molecule has 0 aliphatic carbocycles. The van der Waals surface area contributed by atoms with Gasteiger partial charge >= 0.3 is 17.9 Å². The summed E-state index contributed by atoms with van der Waals surface area (Å²) in [5, 5.41) is 151. The first-order valence-electron chi connectivity index (χ1n) is 28.2. The van der Waals surface area contributed by atoms with Crippen LogP contribution in [0.5, 0.6) is 11.5 Å². The summed E-state index contributed by atoms with van der Waals surface area (Å²) in [5.74, 6) is -13.9. The van der Waals surface area contributed by atoms with Crippen molar-refractivity contribution in [3.05, 3.63) is 24.3 Å². The lowest BCUT2D eigenvalue weighted by Crippen LogP contribution is -2.71. The lowest BCUT2D eigenvalue weighted by atomic mass is 9.94. The molecule has 19 N–H and O–H groups in total. The number of aliphatic hydroxyl groups excluding tert-OH is 10. The lowest BCUT2D eigenvalue weighted by Gasteiger charge is -2.50. The molecular formula is C49H71N3O41S3. The zero-order chi connectivity index (χ0) is 71.7. The first-order chi connectivity index (χ1) is 44.5. The summed E-state index contributed by atoms with van der Waals surface area (Å²) in [6.45, 7) is 2.49. The van der Waals surface area contributed by atoms with Crippen LogP contribution in [0.4, 0.5) is 0 Å². The number of carboxylic acid groups (broad SMARTS) is 3. The fourth-order valence-electron chi connectivity index (χ4n) is 11.1. The SMILES string of the molecule is COc1ccc(O[C@@H]2O[C@H](C(=O)O)[C@@H](O[C@H]3O[C@H](CS(=O)(=O)O)[C@@H](O[C@@H]4O[C@H](C(=O)O)[C@@H](O[C@@H]5O[C@H](CS(=O)(=O)O)[C@@H](O[C@@H]6O[C@H](C(=O)O)[C@@H](O[C@H]7O[C@H](CS(=O)(=O)O)[C@@H](O)[C@H](O)[C@H]7NC(C)=O)[C@H](O)[C@H]6O)[C@H](O)[C@H]5NC(C)=O)[C@H](O)[C@H]4O)[C@H](O)[C@H]3NC(C)=O)[C@H](O)[C@H]2O)cc1. The monoisotopic (exact) mass is 1450 g/mol. The highest BCUT2D eigenvalue weighted by molar-refractivity contribution is 7.86. The second-order valence-electron chi connectivity index (χ2n) is 22.5. The van der Waals surface area contributed by atoms with Gasteiger partial charge in [-0.05, 0) is 24.3 Å². The first-order valence-corrected chi connectivity index (χ1v) is 33.0. The molecule has 0 spiro atoms. The first kappa shape index (κ1) is 77.9. The molecule has 44 nitrogen and oxygen atoms in total. The molecule has 7 rings (SSSR count). The Bertz CT molecular complexity index is 3260. The van der Waals surface area contributed by atoms with Gasteiger partial charge < -0.3 is 144 Å². The van der Waals surface area contributed by atoms with Crippen molar-refractivity contribution in [3.8, 4) is 11.5 Å². The van der Waals surface area contributed by atoms with E-state index < -0.39 is 267 Å². The fourth-order valence-corrected chi connectivity index (χ4v) is 13.2. The molecule has 6 aliphatic rings. The summed E-state index contributed by atoms with van der Waals surface area (Å²) < 4.78 is 175. The Morgan fingerprint density at radius 2 is 0.656 bits per heavy atom. The Kier molecular flexibility index (Phi) is 25.5. The van der Waals surface area contributed by atoms with Crippen LogP contribution in [-0.2, 0) is 111 Å². The summed E-state index contributed by atoms with van der Waals surface area (Å²) in [4.78, 5) is 76.0. The molecule has 6 heterocycles. The second-order valence-corrected chi connectivity index (χ2v) is 27.0. The van der Waals surface area contributed by atoms with Crippen molar-refractivity contribution in [3.63, 3.8) is 0 Å². The summed E-state index contributed by atoms with van der Waals surface area (Å²) in [6, 6.07) is -0.865. The van der Waals surface area contributed by atoms with Crippen molar-refractivity contribution in [1.82, 2.24) is 16.0 Å². The highest BCUT2D eigenvalue weighted by Crippen LogP contribution is 2.38. The van der Waals surface area contributed by atoms with Crippen molar-refractivity contribution < 1.29 is 196 Å². The van der Waals surface area contributed by atoms with E-state index >= 15 is 0 Å². The zero-order valence-electron chi connectivity index (χ0n) is 49.8. The van der Waals surface area contributed by atoms with E-state index in [-0.39, 0.29) is 5.75 Å². The van der Waals surface area contributed by atoms with Crippen LogP contribution >= 0.6 is 0 Å². The number of ether oxygens (including phenoxy) is 13. The van der Waals surface area contributed by atoms with Crippen molar-refractivity contribution in [2.45, 2.75) is 205 Å². The van der Waals surface area contributed by atoms with E-state index in [1.54, 1.807) is 0 Å². The molecular weight excluding hydrogens is 1380 g/mol. The number of amides is 3. The van der Waals surface area contributed by atoms with Crippen LogP contribution < -0.4 is 25.4 Å². The number of nitrogens with one attached hydrogen (secondary N) is 3. The predicted molar refractivity (Wildman–Crippen MR) is 295 cm³/mol. The van der Waals surface area contributed by atoms with E-state index in [0.29, 0.717) is 5.75 Å². The van der Waals surface area contributed by atoms with Gasteiger partial charge in [0.15, 0.2) is 49.8 Å². The summed E-state index contributed by atoms with van der Waals surface area (Å²) >= 11 is 0. The van der Waals surface area contributed by atoms with Gasteiger partial charge in [0.05, 0.1) is 7.11 Å². The molecule has 0 saturated carbocycles. The zero-order valence-corrected chi connectivity index (χ0v) is 52.3. The maximum Gasteiger partial charge on any atom is 0.335 e. The molecule has 6 aliphatic heterocycles. The molecule has 0 aromatic heterocycles. The Labute approximate surface area is 540 Å². The minimum absolute atomic E-state index is 0.0363. The number of aliphatic carboxylic acids is 3. The standard InChI is InChI=1S/C49H71N3O41S3/c1-12(53)50-20-24(57)23(56)17(9-94(72,73)74)83-44(20)88-36-28(61)31(64)48(92-39(36)42(68)69)86-34-19(11-96(78,79)80)85-46(22(26(34)59)52-14(3)55)90-37-29(62)32(65)49(93-40(37)43(70)71)87-33-18(10-95(75,76)77)84-45(21(25(33)58)51-13(2)54)89-35-27(60)30(63)47(91-38(35)41(66)67)82-16-7-5-15(81-4)6-8-16/h5-8,17-40,44-49,56-65H,9-11H2,1-4H3,(H,50,53)(H,51,54)(H,52,55)(H,66,67)(H,68,69)(H,70,71)(H,72,73,74)(H,75,76,77)(H,78,79,80)/t17-,18-,19-,20-,21-,22-,23-,24-,25-,26-,27-,28-,29-,30-,31-,32-,33-,34-,35+,36+,37+,38+,39+,40+,44-,45-,46+,47-,48-,49-/m1/s1. The van der Waals surface area contributed by atoms with Gasteiger partial charge in [0, 0.05) is 20.8 Å². The van der Waals surface area contributed by atoms with Crippen LogP contribution in [0.25, 0.3) is 0 Å². The Morgan fingerprint density at radius 3 is 0.969 bits per heavy atom. The van der Waals surface area contributed by atoms with E-state index in [9.17, 15) is 134 Å². The van der Waals surface area contributed by atoms with E-state index in [2.05, 4.69) is 16.0 Å². The highest BCUT2D eigenvalue weighted by atomic mass is 32.2. The third-order valence-electron chi connectivity index (χ3n) is 15.4. The van der Waals surface area contributed by atoms with Gasteiger partial charge in [-0.25, -0.2) is 14.4 Å². The van der Waals surface area contributed by atoms with Gasteiger partial charge in [0.1, 0.15) is 157 Å². The average molecular weight is 1450 g/mol. The van der Waals surface area contributed by atoms with Crippen LogP contribution in [0.3, 0.4) is 0 Å². The fraction of sp³-hybridized carbons (Fsp3) is 0.755. The van der Waals surface area contributed by atoms with E-state index in [4.69, 9.17) is 61.6 Å². The molecule has 0 radical (unpaired) electrons. The Hall–Kier alpha value is -5.47. The van der Waals surface area contributed by atoms with Crippen LogP contribution in [-0.4, -0.2) is 349 Å². The minimum Gasteiger partial charge on any atom is -0.497 e. The van der Waals surface area contributed by atoms with E-state index in [1.807, 2.05) is 0 Å². The molecule has 6 saturated heterocycles. The lowest BCUT2D eigenvalue weighted by molar-refractivity contribution is -0.375. The van der Waals surface area contributed by atoms with Crippen molar-refractivity contribution in [2.24, 2.45) is 0 Å². The molecule has 1 aromatic rings. The van der Waals surface area contributed by atoms with Gasteiger partial charge in [-0.15, -0.1) is 0 Å². The minimum atomic E-state index is -5.42. The van der Waals surface area contributed by atoms with Crippen molar-refractivity contribution >= 4 is 66.0 Å². The number of carbonyl (C=O) groups is 6. The van der Waals surface area contributed by atoms with Crippen molar-refractivity contribution in [2.75, 3.05) is 24.4 Å². The number of aliphatic hydroxyl groups is 10. The van der Waals surface area contributed by atoms with Gasteiger partial charge in [0.2, 0.25) is 24.0 Å². The average Bonchev–Trinajstić information content (AvgIpc) is 0.768. The third kappa shape index (κ3) is 18.9. The largest absolute Gasteiger partial charge is 0.497 e. The maximum atomic E-state index is 13.1. The van der Waals surface area contributed by atoms with Gasteiger partial charge in [0.25, 0.3) is 30.4 Å². The molecule has 30 atom stereocenters. The molecule has 3 amide bonds. The predicted octanol–water partition coefficient (Wildman–Crippen LogP) is -11.6. The second kappa shape index (κ2) is 31.4. The number of carbonyl (C=O) groups excluding carboxylic acids is 3. The number of carboxylic acids is 3. The summed E-state index contributed by atoms with van der Waals surface area (Å²) in [5.41, 5.74) is 0. The Balaban J connectivity index is 1.12. The van der Waals surface area contributed by atoms with Crippen LogP contribution in [0, 0.1) is 0 Å². The van der Waals surface area contributed by atoms with Crippen LogP contribution in [0.1, 0.15) is 20.8 Å². The molecule has 546 valence electrons. The quantitative estimate of drug-likeness (QED) is 0.0404. The molecule has 47 heteroatoms. The Morgan fingerprint density at radius 1 is 0.375 bits per heavy atom. The topological polar surface area (TPSA) is 685 Å². The smallest absolute Gasteiger partial charge is 0.335 e. The molecule has 0 bridgehead atoms. The van der Waals surface area contributed by atoms with Gasteiger partial charge in [-0.1, -0.05) is 0 Å². The molecule has 0 unspecified atom stereocenters. The van der Waals surface area contributed by atoms with E-state index in [1.165, 1.54) is 31.4 Å². The van der Waals surface area contributed by atoms with Crippen LogP contribution in [0.2, 0.25) is 0 Å². The van der Waals surface area contributed by atoms with E-state index in [0.717, 1.165) is 20.8 Å². The van der Waals surface area contributed by atoms with Crippen LogP contribution in [0.15, 0.2) is 24.3 Å². The van der Waals surface area contributed by atoms with Crippen molar-refractivity contribution in [1.29, 1.82) is 0 Å². The maximum absolute atomic E-state index is 13.1.